The number of carbonyl (C=O) groups excluding carboxylic acids is 2. The first-order chi connectivity index (χ1) is 14.7. The summed E-state index contributed by atoms with van der Waals surface area (Å²) in [5, 5.41) is 5.70. The van der Waals surface area contributed by atoms with Gasteiger partial charge in [-0.2, -0.15) is 0 Å². The molecule has 31 heavy (non-hydrogen) atoms. The maximum absolute atomic E-state index is 12.5. The molecule has 6 nitrogen and oxygen atoms in total. The van der Waals surface area contributed by atoms with Crippen LogP contribution in [0.2, 0.25) is 0 Å². The fourth-order valence-corrected chi connectivity index (χ4v) is 3.86. The number of hydrogen-bond donors (Lipinski definition) is 3. The lowest BCUT2D eigenvalue weighted by molar-refractivity contribution is -0.126. The van der Waals surface area contributed by atoms with Crippen LogP contribution in [-0.2, 0) is 15.0 Å². The minimum absolute atomic E-state index is 0.0623. The van der Waals surface area contributed by atoms with Crippen molar-refractivity contribution in [2.24, 2.45) is 5.92 Å². The van der Waals surface area contributed by atoms with Crippen molar-refractivity contribution in [2.45, 2.75) is 57.9 Å². The summed E-state index contributed by atoms with van der Waals surface area (Å²) >= 11 is 0. The van der Waals surface area contributed by atoms with Gasteiger partial charge in [-0.05, 0) is 54.5 Å². The number of imidazole rings is 1. The lowest BCUT2D eigenvalue weighted by Gasteiger charge is -2.19. The van der Waals surface area contributed by atoms with Gasteiger partial charge in [-0.3, -0.25) is 9.59 Å². The van der Waals surface area contributed by atoms with Crippen LogP contribution >= 0.6 is 0 Å². The molecule has 1 aliphatic rings. The zero-order chi connectivity index (χ0) is 22.2. The van der Waals surface area contributed by atoms with Gasteiger partial charge in [-0.15, -0.1) is 0 Å². The molecule has 0 bridgehead atoms. The van der Waals surface area contributed by atoms with E-state index in [0.717, 1.165) is 29.0 Å². The Morgan fingerprint density at radius 2 is 1.84 bits per heavy atom. The van der Waals surface area contributed by atoms with Gasteiger partial charge < -0.3 is 15.6 Å². The van der Waals surface area contributed by atoms with Gasteiger partial charge in [0.25, 0.3) is 0 Å². The molecule has 0 saturated heterocycles. The molecule has 2 amide bonds. The Kier molecular flexibility index (Phi) is 5.56. The molecule has 1 fully saturated rings. The minimum Gasteiger partial charge on any atom is -0.345 e. The van der Waals surface area contributed by atoms with Gasteiger partial charge in [0.05, 0.1) is 11.0 Å². The topological polar surface area (TPSA) is 86.9 Å². The lowest BCUT2D eigenvalue weighted by atomic mass is 9.87. The van der Waals surface area contributed by atoms with E-state index in [4.69, 9.17) is 0 Å². The normalized spacial score (nSPS) is 19.1. The third kappa shape index (κ3) is 4.95. The standard InChI is InChI=1S/C25H30N4O2/c1-15(24(31)27-18-11-9-17(10-12-18)25(2,3)4)26-22(30)14-16-13-19(16)23-28-20-7-5-6-8-21(20)29-23/h5-12,15-16,19H,13-14H2,1-4H3,(H,26,30)(H,27,31)(H,28,29)/t15-,16+,19+/m1/s1. The highest BCUT2D eigenvalue weighted by Crippen LogP contribution is 2.48. The van der Waals surface area contributed by atoms with Crippen LogP contribution in [0.3, 0.4) is 0 Å². The van der Waals surface area contributed by atoms with Crippen LogP contribution in [-0.4, -0.2) is 27.8 Å². The number of para-hydroxylation sites is 2. The molecule has 4 rings (SSSR count). The molecule has 1 heterocycles. The van der Waals surface area contributed by atoms with E-state index in [1.807, 2.05) is 48.5 Å². The molecule has 1 aliphatic carbocycles. The number of amides is 2. The fourth-order valence-electron chi connectivity index (χ4n) is 3.86. The first-order valence-electron chi connectivity index (χ1n) is 10.9. The molecule has 3 atom stereocenters. The number of aromatic amines is 1. The number of H-pyrrole nitrogens is 1. The number of nitrogens with zero attached hydrogens (tertiary/aromatic N) is 1. The summed E-state index contributed by atoms with van der Waals surface area (Å²) in [6.45, 7) is 8.16. The van der Waals surface area contributed by atoms with Gasteiger partial charge in [-0.1, -0.05) is 45.0 Å². The van der Waals surface area contributed by atoms with E-state index in [9.17, 15) is 9.59 Å². The molecule has 0 aliphatic heterocycles. The second-order valence-electron chi connectivity index (χ2n) is 9.55. The van der Waals surface area contributed by atoms with Gasteiger partial charge in [0.15, 0.2) is 0 Å². The average Bonchev–Trinajstić information content (AvgIpc) is 3.33. The van der Waals surface area contributed by atoms with Crippen molar-refractivity contribution in [3.05, 3.63) is 59.9 Å². The van der Waals surface area contributed by atoms with Crippen LogP contribution in [0.4, 0.5) is 5.69 Å². The number of nitrogens with one attached hydrogen (secondary N) is 3. The monoisotopic (exact) mass is 418 g/mol. The first kappa shape index (κ1) is 21.1. The van der Waals surface area contributed by atoms with Crippen LogP contribution in [0.25, 0.3) is 11.0 Å². The number of anilines is 1. The number of rotatable bonds is 6. The molecular weight excluding hydrogens is 388 g/mol. The molecule has 6 heteroatoms. The Bertz CT molecular complexity index is 1060. The zero-order valence-electron chi connectivity index (χ0n) is 18.5. The number of carbonyl (C=O) groups is 2. The number of aromatic nitrogens is 2. The summed E-state index contributed by atoms with van der Waals surface area (Å²) in [7, 11) is 0. The average molecular weight is 419 g/mol. The molecule has 0 spiro atoms. The van der Waals surface area contributed by atoms with Gasteiger partial charge >= 0.3 is 0 Å². The van der Waals surface area contributed by atoms with Crippen molar-refractivity contribution in [3.63, 3.8) is 0 Å². The van der Waals surface area contributed by atoms with Crippen molar-refractivity contribution in [1.29, 1.82) is 0 Å². The second kappa shape index (κ2) is 8.17. The largest absolute Gasteiger partial charge is 0.345 e. The third-order valence-corrected chi connectivity index (χ3v) is 5.92. The van der Waals surface area contributed by atoms with Crippen LogP contribution in [0.15, 0.2) is 48.5 Å². The SMILES string of the molecule is C[C@@H](NC(=O)C[C@@H]1C[C@@H]1c1nc2ccccc2[nH]1)C(=O)Nc1ccc(C(C)(C)C)cc1. The molecule has 0 unspecified atom stereocenters. The highest BCUT2D eigenvalue weighted by molar-refractivity contribution is 5.97. The summed E-state index contributed by atoms with van der Waals surface area (Å²) < 4.78 is 0. The number of fused-ring (bicyclic) bond motifs is 1. The van der Waals surface area contributed by atoms with Gasteiger partial charge in [0.2, 0.25) is 11.8 Å². The van der Waals surface area contributed by atoms with Gasteiger partial charge in [-0.25, -0.2) is 4.98 Å². The Morgan fingerprint density at radius 1 is 1.13 bits per heavy atom. The molecular formula is C25H30N4O2. The summed E-state index contributed by atoms with van der Waals surface area (Å²) in [6.07, 6.45) is 1.34. The Balaban J connectivity index is 1.26. The zero-order valence-corrected chi connectivity index (χ0v) is 18.5. The minimum atomic E-state index is -0.599. The highest BCUT2D eigenvalue weighted by atomic mass is 16.2. The maximum atomic E-state index is 12.5. The number of benzene rings is 2. The van der Waals surface area contributed by atoms with E-state index >= 15 is 0 Å². The lowest BCUT2D eigenvalue weighted by Crippen LogP contribution is -2.41. The van der Waals surface area contributed by atoms with E-state index in [1.165, 1.54) is 5.56 Å². The van der Waals surface area contributed by atoms with Crippen molar-refractivity contribution >= 4 is 28.5 Å². The predicted octanol–water partition coefficient (Wildman–Crippen LogP) is 4.50. The number of hydrogen-bond acceptors (Lipinski definition) is 3. The Hall–Kier alpha value is -3.15. The molecule has 3 N–H and O–H groups in total. The van der Waals surface area contributed by atoms with Crippen molar-refractivity contribution in [2.75, 3.05) is 5.32 Å². The van der Waals surface area contributed by atoms with E-state index in [-0.39, 0.29) is 29.1 Å². The first-order valence-corrected chi connectivity index (χ1v) is 10.9. The molecule has 1 aromatic heterocycles. The van der Waals surface area contributed by atoms with Crippen LogP contribution in [0.1, 0.15) is 57.8 Å². The van der Waals surface area contributed by atoms with Gasteiger partial charge in [0, 0.05) is 18.0 Å². The van der Waals surface area contributed by atoms with Crippen molar-refractivity contribution in [1.82, 2.24) is 15.3 Å². The summed E-state index contributed by atoms with van der Waals surface area (Å²) in [5.74, 6) is 1.17. The Labute approximate surface area is 182 Å². The van der Waals surface area contributed by atoms with Crippen LogP contribution in [0.5, 0.6) is 0 Å². The summed E-state index contributed by atoms with van der Waals surface area (Å²) in [5.41, 5.74) is 3.97. The second-order valence-corrected chi connectivity index (χ2v) is 9.55. The van der Waals surface area contributed by atoms with E-state index in [1.54, 1.807) is 6.92 Å². The van der Waals surface area contributed by atoms with E-state index in [0.29, 0.717) is 6.42 Å². The summed E-state index contributed by atoms with van der Waals surface area (Å²) in [6, 6.07) is 15.2. The molecule has 2 aromatic carbocycles. The van der Waals surface area contributed by atoms with E-state index in [2.05, 4.69) is 41.4 Å². The van der Waals surface area contributed by atoms with E-state index < -0.39 is 6.04 Å². The smallest absolute Gasteiger partial charge is 0.246 e. The quantitative estimate of drug-likeness (QED) is 0.551. The molecule has 162 valence electrons. The van der Waals surface area contributed by atoms with Gasteiger partial charge in [0.1, 0.15) is 11.9 Å². The highest BCUT2D eigenvalue weighted by Gasteiger charge is 2.42. The van der Waals surface area contributed by atoms with Crippen LogP contribution in [0, 0.1) is 5.92 Å². The maximum Gasteiger partial charge on any atom is 0.246 e. The van der Waals surface area contributed by atoms with Crippen LogP contribution < -0.4 is 10.6 Å². The van der Waals surface area contributed by atoms with Crippen molar-refractivity contribution < 1.29 is 9.59 Å². The predicted molar refractivity (Wildman–Crippen MR) is 123 cm³/mol. The summed E-state index contributed by atoms with van der Waals surface area (Å²) in [4.78, 5) is 32.9. The fraction of sp³-hybridized carbons (Fsp3) is 0.400. The molecule has 0 radical (unpaired) electrons. The Morgan fingerprint density at radius 3 is 2.52 bits per heavy atom. The molecule has 1 saturated carbocycles. The third-order valence-electron chi connectivity index (χ3n) is 5.92. The molecule has 3 aromatic rings. The van der Waals surface area contributed by atoms with Crippen molar-refractivity contribution in [3.8, 4) is 0 Å².